The van der Waals surface area contributed by atoms with Crippen LogP contribution in [0, 0.1) is 17.2 Å². The Labute approximate surface area is 138 Å². The largest absolute Gasteiger partial charge is 0.552 e. The molecule has 0 atom stereocenters. The summed E-state index contributed by atoms with van der Waals surface area (Å²) >= 11 is 0. The molecule has 1 fully saturated rings. The quantitative estimate of drug-likeness (QED) is 0.735. The van der Waals surface area contributed by atoms with Gasteiger partial charge in [0, 0.05) is 23.2 Å². The van der Waals surface area contributed by atoms with E-state index in [9.17, 15) is 9.82 Å². The van der Waals surface area contributed by atoms with Crippen LogP contribution in [0.2, 0.25) is 0 Å². The first-order valence-electron chi connectivity index (χ1n) is 7.85. The highest BCUT2D eigenvalue weighted by Crippen LogP contribution is 2.45. The fraction of sp³-hybridized carbons (Fsp3) is 0.312. The molecule has 1 saturated carbocycles. The summed E-state index contributed by atoms with van der Waals surface area (Å²) in [4.78, 5) is 18.9. The number of nitrogens with zero attached hydrogens (tertiary/aromatic N) is 2. The third kappa shape index (κ3) is 2.43. The van der Waals surface area contributed by atoms with E-state index >= 15 is 0 Å². The molecule has 1 aliphatic heterocycles. The molecule has 4 rings (SSSR count). The van der Waals surface area contributed by atoms with E-state index in [2.05, 4.69) is 15.3 Å². The molecule has 2 aromatic heterocycles. The number of nitriles is 1. The van der Waals surface area contributed by atoms with E-state index in [-0.39, 0.29) is 24.3 Å². The van der Waals surface area contributed by atoms with Crippen LogP contribution in [0.4, 0.5) is 0 Å². The van der Waals surface area contributed by atoms with E-state index in [4.69, 9.17) is 9.92 Å². The molecule has 0 aromatic carbocycles. The number of H-pyrrole nitrogens is 1. The van der Waals surface area contributed by atoms with Crippen molar-refractivity contribution >= 4 is 29.6 Å². The van der Waals surface area contributed by atoms with Gasteiger partial charge in [-0.2, -0.15) is 5.26 Å². The molecular formula is C16H15BN4O3. The van der Waals surface area contributed by atoms with Gasteiger partial charge in [0.05, 0.1) is 12.3 Å². The number of hydrogen-bond donors (Lipinski definition) is 3. The van der Waals surface area contributed by atoms with E-state index < -0.39 is 7.12 Å². The van der Waals surface area contributed by atoms with Gasteiger partial charge in [-0.15, -0.1) is 0 Å². The Kier molecular flexibility index (Phi) is 3.51. The summed E-state index contributed by atoms with van der Waals surface area (Å²) < 4.78 is 5.48. The van der Waals surface area contributed by atoms with Crippen molar-refractivity contribution in [2.24, 2.45) is 5.92 Å². The predicted octanol–water partition coefficient (Wildman–Crippen LogP) is 1.17. The number of fused-ring (bicyclic) bond motifs is 3. The minimum atomic E-state index is -0.988. The molecule has 0 radical (unpaired) electrons. The van der Waals surface area contributed by atoms with Gasteiger partial charge in [0.1, 0.15) is 17.8 Å². The number of aromatic amines is 1. The van der Waals surface area contributed by atoms with Gasteiger partial charge in [-0.1, -0.05) is 0 Å². The van der Waals surface area contributed by atoms with Crippen LogP contribution in [0.1, 0.15) is 24.8 Å². The van der Waals surface area contributed by atoms with Crippen molar-refractivity contribution in [3.8, 4) is 11.8 Å². The first kappa shape index (κ1) is 14.8. The van der Waals surface area contributed by atoms with Crippen LogP contribution in [0.15, 0.2) is 24.4 Å². The molecule has 3 heterocycles. The molecule has 3 N–H and O–H groups in total. The van der Waals surface area contributed by atoms with E-state index in [1.807, 2.05) is 18.3 Å². The van der Waals surface area contributed by atoms with Crippen LogP contribution < -0.4 is 9.97 Å². The zero-order valence-electron chi connectivity index (χ0n) is 12.8. The molecule has 0 bridgehead atoms. The lowest BCUT2D eigenvalue weighted by Gasteiger charge is -2.39. The number of pyridine rings is 1. The summed E-state index contributed by atoms with van der Waals surface area (Å²) in [7, 11) is -0.988. The predicted molar refractivity (Wildman–Crippen MR) is 87.6 cm³/mol. The fourth-order valence-corrected chi connectivity index (χ4v) is 3.46. The van der Waals surface area contributed by atoms with Gasteiger partial charge in [-0.3, -0.25) is 4.79 Å². The van der Waals surface area contributed by atoms with Crippen molar-refractivity contribution in [2.45, 2.75) is 25.3 Å². The summed E-state index contributed by atoms with van der Waals surface area (Å²) in [5.74, 6) is 2.30. The molecule has 1 aliphatic carbocycles. The second-order valence-electron chi connectivity index (χ2n) is 6.14. The lowest BCUT2D eigenvalue weighted by Crippen LogP contribution is -2.45. The molecule has 0 spiro atoms. The van der Waals surface area contributed by atoms with Gasteiger partial charge in [-0.05, 0) is 36.4 Å². The minimum Gasteiger partial charge on any atom is -0.531 e. The molecule has 0 saturated heterocycles. The Morgan fingerprint density at radius 3 is 3.21 bits per heavy atom. The van der Waals surface area contributed by atoms with Crippen LogP contribution in [-0.4, -0.2) is 34.1 Å². The van der Waals surface area contributed by atoms with Gasteiger partial charge >= 0.3 is 7.12 Å². The first-order chi connectivity index (χ1) is 11.7. The van der Waals surface area contributed by atoms with Gasteiger partial charge in [0.25, 0.3) is 0 Å². The maximum absolute atomic E-state index is 11.5. The fourth-order valence-electron chi connectivity index (χ4n) is 3.46. The van der Waals surface area contributed by atoms with Crippen molar-refractivity contribution in [1.82, 2.24) is 15.3 Å². The van der Waals surface area contributed by atoms with Crippen LogP contribution in [0.5, 0.6) is 5.75 Å². The van der Waals surface area contributed by atoms with Crippen molar-refractivity contribution in [3.63, 3.8) is 0 Å². The average molecular weight is 322 g/mol. The standard InChI is InChI=1S/C16H15BN4O3/c18-3-1-14(22)21-10-5-9(6-10)12-7-17(23)24-13-8-20-16-11(15(12)13)2-4-19-16/h2,4,7-10,23H,1,5-6H2,(H,19,20)(H,21,22). The monoisotopic (exact) mass is 322 g/mol. The molecule has 2 aliphatic rings. The second kappa shape index (κ2) is 5.69. The third-order valence-corrected chi connectivity index (χ3v) is 4.59. The van der Waals surface area contributed by atoms with Crippen molar-refractivity contribution in [3.05, 3.63) is 30.0 Å². The number of carbonyl (C=O) groups is 1. The summed E-state index contributed by atoms with van der Waals surface area (Å²) in [6.45, 7) is 0. The van der Waals surface area contributed by atoms with E-state index in [0.29, 0.717) is 5.75 Å². The number of rotatable bonds is 3. The van der Waals surface area contributed by atoms with Crippen molar-refractivity contribution in [2.75, 3.05) is 0 Å². The molecule has 24 heavy (non-hydrogen) atoms. The highest BCUT2D eigenvalue weighted by molar-refractivity contribution is 6.52. The number of allylic oxidation sites excluding steroid dienone is 1. The Morgan fingerprint density at radius 1 is 1.58 bits per heavy atom. The normalized spacial score (nSPS) is 22.0. The van der Waals surface area contributed by atoms with E-state index in [0.717, 1.165) is 35.0 Å². The summed E-state index contributed by atoms with van der Waals surface area (Å²) in [6, 6.07) is 3.87. The molecule has 1 amide bonds. The highest BCUT2D eigenvalue weighted by atomic mass is 16.5. The topological polar surface area (TPSA) is 111 Å². The lowest BCUT2D eigenvalue weighted by molar-refractivity contribution is -0.121. The number of hydrogen-bond acceptors (Lipinski definition) is 5. The van der Waals surface area contributed by atoms with E-state index in [1.165, 1.54) is 0 Å². The molecule has 120 valence electrons. The summed E-state index contributed by atoms with van der Waals surface area (Å²) in [6.07, 6.45) is 4.89. The van der Waals surface area contributed by atoms with E-state index in [1.54, 1.807) is 12.2 Å². The Hall–Kier alpha value is -2.79. The Bertz CT molecular complexity index is 879. The van der Waals surface area contributed by atoms with Gasteiger partial charge < -0.3 is 20.0 Å². The number of aromatic nitrogens is 2. The van der Waals surface area contributed by atoms with Crippen LogP contribution in [-0.2, 0) is 4.79 Å². The van der Waals surface area contributed by atoms with Crippen LogP contribution >= 0.6 is 0 Å². The van der Waals surface area contributed by atoms with Crippen LogP contribution in [0.3, 0.4) is 0 Å². The SMILES string of the molecule is N#CCC(=O)NC1CC(C2=CB(O)Oc3cnc4[nH]ccc4c32)C1. The first-order valence-corrected chi connectivity index (χ1v) is 7.85. The van der Waals surface area contributed by atoms with Crippen molar-refractivity contribution < 1.29 is 14.5 Å². The lowest BCUT2D eigenvalue weighted by atomic mass is 9.68. The smallest absolute Gasteiger partial charge is 0.531 e. The maximum Gasteiger partial charge on any atom is 0.552 e. The van der Waals surface area contributed by atoms with Gasteiger partial charge in [-0.25, -0.2) is 4.98 Å². The second-order valence-corrected chi connectivity index (χ2v) is 6.14. The Morgan fingerprint density at radius 2 is 2.42 bits per heavy atom. The minimum absolute atomic E-state index is 0.0729. The molecule has 7 nitrogen and oxygen atoms in total. The Balaban J connectivity index is 1.58. The summed E-state index contributed by atoms with van der Waals surface area (Å²) in [5.41, 5.74) is 2.76. The number of carbonyl (C=O) groups excluding carboxylic acids is 1. The molecule has 0 unspecified atom stereocenters. The highest BCUT2D eigenvalue weighted by Gasteiger charge is 2.38. The molecule has 2 aromatic rings. The number of nitrogens with one attached hydrogen (secondary N) is 2. The maximum atomic E-state index is 11.5. The summed E-state index contributed by atoms with van der Waals surface area (Å²) in [5, 5.41) is 22.3. The van der Waals surface area contributed by atoms with Crippen molar-refractivity contribution in [1.29, 1.82) is 5.26 Å². The zero-order valence-corrected chi connectivity index (χ0v) is 12.8. The van der Waals surface area contributed by atoms with Gasteiger partial charge in [0.2, 0.25) is 5.91 Å². The number of amides is 1. The zero-order chi connectivity index (χ0) is 16.7. The molecule has 8 heteroatoms. The molecular weight excluding hydrogens is 307 g/mol. The van der Waals surface area contributed by atoms with Gasteiger partial charge in [0.15, 0.2) is 0 Å². The third-order valence-electron chi connectivity index (χ3n) is 4.59. The average Bonchev–Trinajstić information content (AvgIpc) is 2.98. The van der Waals surface area contributed by atoms with Crippen LogP contribution in [0.25, 0.3) is 16.6 Å².